The van der Waals surface area contributed by atoms with E-state index in [4.69, 9.17) is 0 Å². The number of halogens is 1. The van der Waals surface area contributed by atoms with E-state index in [0.29, 0.717) is 5.57 Å². The van der Waals surface area contributed by atoms with Crippen LogP contribution in [-0.4, -0.2) is 16.1 Å². The number of aromatic amines is 1. The van der Waals surface area contributed by atoms with E-state index in [1.807, 2.05) is 42.5 Å². The Labute approximate surface area is 129 Å². The predicted molar refractivity (Wildman–Crippen MR) is 86.7 cm³/mol. The number of rotatable bonds is 1. The molecule has 4 rings (SSSR count). The fourth-order valence-corrected chi connectivity index (χ4v) is 3.14. The third-order valence-corrected chi connectivity index (χ3v) is 4.21. The van der Waals surface area contributed by atoms with Crippen LogP contribution in [0.1, 0.15) is 11.1 Å². The lowest BCUT2D eigenvalue weighted by molar-refractivity contribution is -0.110. The summed E-state index contributed by atoms with van der Waals surface area (Å²) in [5.74, 6) is -0.0722. The van der Waals surface area contributed by atoms with Crippen LogP contribution < -0.4 is 5.32 Å². The Morgan fingerprint density at radius 1 is 1.19 bits per heavy atom. The molecule has 21 heavy (non-hydrogen) atoms. The molecular formula is C16H10BrN3O. The van der Waals surface area contributed by atoms with Gasteiger partial charge < -0.3 is 5.32 Å². The smallest absolute Gasteiger partial charge is 0.256 e. The Morgan fingerprint density at radius 3 is 2.95 bits per heavy atom. The summed E-state index contributed by atoms with van der Waals surface area (Å²) < 4.78 is 0.951. The van der Waals surface area contributed by atoms with Crippen molar-refractivity contribution in [3.8, 4) is 0 Å². The van der Waals surface area contributed by atoms with E-state index in [1.54, 1.807) is 6.20 Å². The first kappa shape index (κ1) is 12.3. The third-order valence-electron chi connectivity index (χ3n) is 3.55. The van der Waals surface area contributed by atoms with Gasteiger partial charge in [0.15, 0.2) is 0 Å². The zero-order valence-corrected chi connectivity index (χ0v) is 12.4. The van der Waals surface area contributed by atoms with Gasteiger partial charge in [-0.05, 0) is 29.8 Å². The van der Waals surface area contributed by atoms with Crippen molar-refractivity contribution < 1.29 is 4.79 Å². The van der Waals surface area contributed by atoms with Crippen LogP contribution in [0.25, 0.3) is 22.6 Å². The van der Waals surface area contributed by atoms with Gasteiger partial charge in [-0.15, -0.1) is 0 Å². The summed E-state index contributed by atoms with van der Waals surface area (Å²) in [7, 11) is 0. The lowest BCUT2D eigenvalue weighted by atomic mass is 10.0. The number of amides is 1. The lowest BCUT2D eigenvalue weighted by Crippen LogP contribution is -2.03. The van der Waals surface area contributed by atoms with Crippen molar-refractivity contribution in [2.45, 2.75) is 0 Å². The fourth-order valence-electron chi connectivity index (χ4n) is 2.56. The van der Waals surface area contributed by atoms with Gasteiger partial charge in [0.2, 0.25) is 0 Å². The molecule has 2 aromatic carbocycles. The minimum atomic E-state index is -0.0722. The molecule has 102 valence electrons. The van der Waals surface area contributed by atoms with Crippen LogP contribution in [0.5, 0.6) is 0 Å². The van der Waals surface area contributed by atoms with E-state index < -0.39 is 0 Å². The number of carbonyl (C=O) groups is 1. The molecule has 1 aromatic heterocycles. The van der Waals surface area contributed by atoms with Gasteiger partial charge in [0.25, 0.3) is 5.91 Å². The van der Waals surface area contributed by atoms with Crippen LogP contribution in [-0.2, 0) is 4.79 Å². The predicted octanol–water partition coefficient (Wildman–Crippen LogP) is 3.82. The zero-order valence-electron chi connectivity index (χ0n) is 10.9. The number of para-hydroxylation sites is 1. The number of nitrogens with zero attached hydrogens (tertiary/aromatic N) is 1. The van der Waals surface area contributed by atoms with E-state index in [2.05, 4.69) is 31.4 Å². The maximum Gasteiger partial charge on any atom is 0.256 e. The van der Waals surface area contributed by atoms with Crippen molar-refractivity contribution in [1.29, 1.82) is 0 Å². The third kappa shape index (κ3) is 1.97. The maximum atomic E-state index is 12.1. The summed E-state index contributed by atoms with van der Waals surface area (Å²) >= 11 is 3.53. The van der Waals surface area contributed by atoms with E-state index >= 15 is 0 Å². The summed E-state index contributed by atoms with van der Waals surface area (Å²) in [4.78, 5) is 12.1. The fraction of sp³-hybridized carbons (Fsp3) is 0. The molecule has 1 aliphatic rings. The zero-order chi connectivity index (χ0) is 14.4. The molecule has 2 heterocycles. The average Bonchev–Trinajstić information content (AvgIpc) is 3.05. The number of H-pyrrole nitrogens is 1. The Kier molecular flexibility index (Phi) is 2.68. The lowest BCUT2D eigenvalue weighted by Gasteiger charge is -2.00. The number of aromatic nitrogens is 2. The number of nitrogens with one attached hydrogen (secondary N) is 2. The summed E-state index contributed by atoms with van der Waals surface area (Å²) in [6.07, 6.45) is 3.67. The highest BCUT2D eigenvalue weighted by atomic mass is 79.9. The molecule has 3 aromatic rings. The quantitative estimate of drug-likeness (QED) is 0.662. The highest BCUT2D eigenvalue weighted by Crippen LogP contribution is 2.33. The molecular weight excluding hydrogens is 330 g/mol. The molecule has 1 amide bonds. The monoisotopic (exact) mass is 339 g/mol. The molecule has 0 spiro atoms. The highest BCUT2D eigenvalue weighted by molar-refractivity contribution is 9.10. The molecule has 4 nitrogen and oxygen atoms in total. The van der Waals surface area contributed by atoms with Gasteiger partial charge in [-0.1, -0.05) is 34.1 Å². The second-order valence-corrected chi connectivity index (χ2v) is 5.75. The summed E-state index contributed by atoms with van der Waals surface area (Å²) in [6, 6.07) is 11.7. The molecule has 0 atom stereocenters. The van der Waals surface area contributed by atoms with Crippen molar-refractivity contribution in [3.05, 3.63) is 58.2 Å². The van der Waals surface area contributed by atoms with Crippen molar-refractivity contribution in [2.75, 3.05) is 5.32 Å². The molecule has 5 heteroatoms. The normalized spacial score (nSPS) is 15.5. The topological polar surface area (TPSA) is 57.8 Å². The number of fused-ring (bicyclic) bond motifs is 2. The van der Waals surface area contributed by atoms with Crippen LogP contribution in [0.4, 0.5) is 5.69 Å². The van der Waals surface area contributed by atoms with Crippen molar-refractivity contribution in [2.24, 2.45) is 0 Å². The van der Waals surface area contributed by atoms with Gasteiger partial charge in [0, 0.05) is 26.7 Å². The molecule has 0 saturated heterocycles. The first-order valence-electron chi connectivity index (χ1n) is 6.47. The van der Waals surface area contributed by atoms with Crippen molar-refractivity contribution in [1.82, 2.24) is 10.2 Å². The number of hydrogen-bond donors (Lipinski definition) is 2. The Balaban J connectivity index is 1.88. The number of anilines is 1. The van der Waals surface area contributed by atoms with Crippen LogP contribution >= 0.6 is 15.9 Å². The van der Waals surface area contributed by atoms with Crippen LogP contribution in [0.15, 0.2) is 47.1 Å². The minimum Gasteiger partial charge on any atom is -0.321 e. The molecule has 0 saturated carbocycles. The number of benzene rings is 2. The average molecular weight is 340 g/mol. The first-order valence-corrected chi connectivity index (χ1v) is 7.27. The van der Waals surface area contributed by atoms with Gasteiger partial charge >= 0.3 is 0 Å². The minimum absolute atomic E-state index is 0.0722. The first-order chi connectivity index (χ1) is 10.2. The van der Waals surface area contributed by atoms with Crippen LogP contribution in [0, 0.1) is 0 Å². The Hall–Kier alpha value is -2.40. The molecule has 2 N–H and O–H groups in total. The second-order valence-electron chi connectivity index (χ2n) is 4.89. The van der Waals surface area contributed by atoms with Gasteiger partial charge in [-0.3, -0.25) is 9.89 Å². The van der Waals surface area contributed by atoms with Crippen LogP contribution in [0.3, 0.4) is 0 Å². The molecule has 0 fully saturated rings. The maximum absolute atomic E-state index is 12.1. The summed E-state index contributed by atoms with van der Waals surface area (Å²) in [6.45, 7) is 0. The number of hydrogen-bond acceptors (Lipinski definition) is 2. The van der Waals surface area contributed by atoms with Gasteiger partial charge in [0.05, 0.1) is 11.7 Å². The molecule has 0 unspecified atom stereocenters. The standard InChI is InChI=1S/C16H10BrN3O/c17-13-6-9(7-15-12(13)8-18-20-15)5-11-10-3-1-2-4-14(10)19-16(11)21/h1-8H,(H,18,20)(H,19,21)/b11-5+. The summed E-state index contributed by atoms with van der Waals surface area (Å²) in [5.41, 5.74) is 4.35. The number of carbonyl (C=O) groups excluding carboxylic acids is 1. The molecule has 0 bridgehead atoms. The molecule has 0 aliphatic carbocycles. The van der Waals surface area contributed by atoms with E-state index in [-0.39, 0.29) is 5.91 Å². The van der Waals surface area contributed by atoms with Gasteiger partial charge in [0.1, 0.15) is 0 Å². The van der Waals surface area contributed by atoms with E-state index in [9.17, 15) is 4.79 Å². The largest absolute Gasteiger partial charge is 0.321 e. The van der Waals surface area contributed by atoms with Gasteiger partial charge in [-0.2, -0.15) is 5.10 Å². The molecule has 1 aliphatic heterocycles. The SMILES string of the molecule is O=C1Nc2ccccc2/C1=C\c1cc(Br)c2cn[nH]c2c1. The van der Waals surface area contributed by atoms with E-state index in [0.717, 1.165) is 32.2 Å². The molecule has 0 radical (unpaired) electrons. The second kappa shape index (κ2) is 4.56. The van der Waals surface area contributed by atoms with E-state index in [1.165, 1.54) is 0 Å². The van der Waals surface area contributed by atoms with Crippen LogP contribution in [0.2, 0.25) is 0 Å². The Morgan fingerprint density at radius 2 is 2.05 bits per heavy atom. The van der Waals surface area contributed by atoms with Gasteiger partial charge in [-0.25, -0.2) is 0 Å². The Bertz CT molecular complexity index is 911. The summed E-state index contributed by atoms with van der Waals surface area (Å²) in [5, 5.41) is 10.9. The van der Waals surface area contributed by atoms with Crippen molar-refractivity contribution >= 4 is 50.1 Å². The highest BCUT2D eigenvalue weighted by Gasteiger charge is 2.23. The van der Waals surface area contributed by atoms with Crippen molar-refractivity contribution in [3.63, 3.8) is 0 Å².